The molecule has 7 nitrogen and oxygen atoms in total. The SMILES string of the molecule is [O-]C(CN(Cc1ccccn1)Cc1ccccn1)CN(Cc1ccccn1)Cc1ccccn1.[Zn+2].[Zn+2]. The number of hydrogen-bond donors (Lipinski definition) is 0. The Balaban J connectivity index is 0.00000228. The predicted molar refractivity (Wildman–Crippen MR) is 129 cm³/mol. The summed E-state index contributed by atoms with van der Waals surface area (Å²) in [6, 6.07) is 23.4. The van der Waals surface area contributed by atoms with Crippen LogP contribution in [0.5, 0.6) is 0 Å². The van der Waals surface area contributed by atoms with Gasteiger partial charge in [0.15, 0.2) is 0 Å². The van der Waals surface area contributed by atoms with Gasteiger partial charge in [0, 0.05) is 51.0 Å². The molecule has 9 heteroatoms. The van der Waals surface area contributed by atoms with E-state index in [0.29, 0.717) is 39.3 Å². The molecule has 4 aromatic heterocycles. The number of hydrogen-bond acceptors (Lipinski definition) is 7. The third-order valence-electron chi connectivity index (χ3n) is 5.37. The molecule has 0 spiro atoms. The molecule has 0 fully saturated rings. The van der Waals surface area contributed by atoms with Crippen molar-refractivity contribution in [1.29, 1.82) is 0 Å². The molecule has 0 saturated heterocycles. The Hall–Kier alpha value is -2.27. The fourth-order valence-electron chi connectivity index (χ4n) is 3.89. The van der Waals surface area contributed by atoms with Crippen molar-refractivity contribution in [3.8, 4) is 0 Å². The maximum atomic E-state index is 13.3. The summed E-state index contributed by atoms with van der Waals surface area (Å²) in [6.07, 6.45) is 6.31. The van der Waals surface area contributed by atoms with Crippen molar-refractivity contribution in [2.45, 2.75) is 32.3 Å². The van der Waals surface area contributed by atoms with Gasteiger partial charge in [0.25, 0.3) is 0 Å². The van der Waals surface area contributed by atoms with Crippen molar-refractivity contribution < 1.29 is 44.1 Å². The first-order valence-electron chi connectivity index (χ1n) is 11.4. The van der Waals surface area contributed by atoms with Gasteiger partial charge in [-0.2, -0.15) is 0 Å². The predicted octanol–water partition coefficient (Wildman–Crippen LogP) is 2.70. The zero-order valence-electron chi connectivity index (χ0n) is 20.6. The van der Waals surface area contributed by atoms with Crippen molar-refractivity contribution in [3.05, 3.63) is 120 Å². The molecule has 0 unspecified atom stereocenters. The zero-order valence-corrected chi connectivity index (χ0v) is 26.5. The third-order valence-corrected chi connectivity index (χ3v) is 5.37. The van der Waals surface area contributed by atoms with E-state index in [1.807, 2.05) is 72.8 Å². The molecule has 0 aliphatic heterocycles. The van der Waals surface area contributed by atoms with E-state index in [9.17, 15) is 5.11 Å². The first-order valence-corrected chi connectivity index (χ1v) is 11.4. The largest absolute Gasteiger partial charge is 2.00 e. The summed E-state index contributed by atoms with van der Waals surface area (Å²) >= 11 is 0. The second kappa shape index (κ2) is 16.5. The van der Waals surface area contributed by atoms with E-state index >= 15 is 0 Å². The summed E-state index contributed by atoms with van der Waals surface area (Å²) in [5.74, 6) is 0. The fraction of sp³-hybridized carbons (Fsp3) is 0.259. The molecule has 0 saturated carbocycles. The summed E-state index contributed by atoms with van der Waals surface area (Å²) in [5.41, 5.74) is 3.74. The van der Waals surface area contributed by atoms with Crippen molar-refractivity contribution in [2.24, 2.45) is 0 Å². The van der Waals surface area contributed by atoms with Gasteiger partial charge < -0.3 is 5.11 Å². The summed E-state index contributed by atoms with van der Waals surface area (Å²) in [4.78, 5) is 22.1. The summed E-state index contributed by atoms with van der Waals surface area (Å²) in [6.45, 7) is 3.14. The van der Waals surface area contributed by atoms with Crippen molar-refractivity contribution in [1.82, 2.24) is 29.7 Å². The molecule has 0 atom stereocenters. The summed E-state index contributed by atoms with van der Waals surface area (Å²) in [7, 11) is 0. The van der Waals surface area contributed by atoms with Crippen LogP contribution in [-0.4, -0.2) is 48.9 Å². The summed E-state index contributed by atoms with van der Waals surface area (Å²) < 4.78 is 0. The van der Waals surface area contributed by atoms with Gasteiger partial charge >= 0.3 is 39.0 Å². The molecule has 4 aromatic rings. The van der Waals surface area contributed by atoms with Gasteiger partial charge in [-0.15, -0.1) is 6.10 Å². The molecular weight excluding hydrogens is 555 g/mol. The van der Waals surface area contributed by atoms with Gasteiger partial charge in [-0.1, -0.05) is 24.3 Å². The van der Waals surface area contributed by atoms with Crippen molar-refractivity contribution in [3.63, 3.8) is 0 Å². The molecule has 0 amide bonds. The summed E-state index contributed by atoms with van der Waals surface area (Å²) in [5, 5.41) is 13.3. The zero-order chi connectivity index (χ0) is 23.4. The Morgan fingerprint density at radius 2 is 0.778 bits per heavy atom. The van der Waals surface area contributed by atoms with Crippen molar-refractivity contribution in [2.75, 3.05) is 13.1 Å². The van der Waals surface area contributed by atoms with Crippen LogP contribution in [0.15, 0.2) is 97.6 Å². The molecule has 4 heterocycles. The van der Waals surface area contributed by atoms with Crippen molar-refractivity contribution >= 4 is 0 Å². The van der Waals surface area contributed by atoms with Gasteiger partial charge in [-0.3, -0.25) is 29.7 Å². The minimum absolute atomic E-state index is 0. The molecular formula is C27H29N6OZn2+3. The van der Waals surface area contributed by atoms with E-state index in [-0.39, 0.29) is 39.0 Å². The van der Waals surface area contributed by atoms with E-state index in [0.717, 1.165) is 22.8 Å². The monoisotopic (exact) mass is 581 g/mol. The van der Waals surface area contributed by atoms with E-state index in [1.165, 1.54) is 0 Å². The second-order valence-corrected chi connectivity index (χ2v) is 8.25. The number of aromatic nitrogens is 4. The Labute approximate surface area is 238 Å². The maximum absolute atomic E-state index is 13.3. The van der Waals surface area contributed by atoms with E-state index < -0.39 is 6.10 Å². The van der Waals surface area contributed by atoms with Crippen LogP contribution in [0.2, 0.25) is 0 Å². The van der Waals surface area contributed by atoms with Gasteiger partial charge in [0.05, 0.1) is 22.8 Å². The number of pyridine rings is 4. The standard InChI is InChI=1S/C27H29N6O.2Zn/c34-27(21-32(17-23-9-1-5-13-28-23)18-24-10-2-6-14-29-24)22-33(19-25-11-3-7-15-30-25)20-26-12-4-8-16-31-26;;/h1-16,27H,17-22H2;;/q-1;2*+2. The fourth-order valence-corrected chi connectivity index (χ4v) is 3.89. The smallest absolute Gasteiger partial charge is 0.850 e. The first kappa shape index (κ1) is 30.0. The van der Waals surface area contributed by atoms with Crippen LogP contribution in [0, 0.1) is 0 Å². The minimum Gasteiger partial charge on any atom is -0.850 e. The van der Waals surface area contributed by atoms with Crippen LogP contribution in [0.1, 0.15) is 22.8 Å². The number of rotatable bonds is 12. The normalized spacial score (nSPS) is 10.8. The van der Waals surface area contributed by atoms with Gasteiger partial charge in [0.2, 0.25) is 0 Å². The van der Waals surface area contributed by atoms with Crippen LogP contribution >= 0.6 is 0 Å². The van der Waals surface area contributed by atoms with E-state index in [2.05, 4.69) is 29.7 Å². The van der Waals surface area contributed by atoms with Crippen LogP contribution in [0.25, 0.3) is 0 Å². The quantitative estimate of drug-likeness (QED) is 0.237. The number of nitrogens with zero attached hydrogens (tertiary/aromatic N) is 6. The molecule has 0 radical (unpaired) electrons. The molecule has 36 heavy (non-hydrogen) atoms. The molecule has 0 aromatic carbocycles. The molecule has 0 bridgehead atoms. The average Bonchev–Trinajstić information content (AvgIpc) is 2.86. The Kier molecular flexibility index (Phi) is 13.7. The average molecular weight is 584 g/mol. The maximum Gasteiger partial charge on any atom is 2.00 e. The van der Waals surface area contributed by atoms with Crippen LogP contribution in [-0.2, 0) is 65.1 Å². The molecule has 4 rings (SSSR count). The molecule has 174 valence electrons. The third kappa shape index (κ3) is 10.4. The second-order valence-electron chi connectivity index (χ2n) is 8.25. The molecule has 0 aliphatic rings. The van der Waals surface area contributed by atoms with E-state index in [1.54, 1.807) is 24.8 Å². The van der Waals surface area contributed by atoms with E-state index in [4.69, 9.17) is 0 Å². The molecule has 0 N–H and O–H groups in total. The Morgan fingerprint density at radius 1 is 0.500 bits per heavy atom. The Morgan fingerprint density at radius 3 is 1.00 bits per heavy atom. The van der Waals surface area contributed by atoms with Gasteiger partial charge in [0.1, 0.15) is 0 Å². The first-order chi connectivity index (χ1) is 16.7. The van der Waals surface area contributed by atoms with Gasteiger partial charge in [-0.25, -0.2) is 0 Å². The van der Waals surface area contributed by atoms with Crippen LogP contribution in [0.4, 0.5) is 0 Å². The van der Waals surface area contributed by atoms with Crippen LogP contribution in [0.3, 0.4) is 0 Å². The molecule has 0 aliphatic carbocycles. The van der Waals surface area contributed by atoms with Gasteiger partial charge in [-0.05, 0) is 61.6 Å². The topological polar surface area (TPSA) is 81.1 Å². The minimum atomic E-state index is -0.820. The van der Waals surface area contributed by atoms with Crippen LogP contribution < -0.4 is 5.11 Å². The Bertz CT molecular complexity index is 922.